The zero-order valence-corrected chi connectivity index (χ0v) is 14.0. The van der Waals surface area contributed by atoms with Crippen LogP contribution in [0.1, 0.15) is 34.6 Å². The highest BCUT2D eigenvalue weighted by Crippen LogP contribution is 2.17. The van der Waals surface area contributed by atoms with Crippen molar-refractivity contribution in [3.63, 3.8) is 0 Å². The third kappa shape index (κ3) is 4.43. The highest BCUT2D eigenvalue weighted by Gasteiger charge is 2.20. The molecule has 6 heteroatoms. The fraction of sp³-hybridized carbons (Fsp3) is 0.167. The average Bonchev–Trinajstić information content (AvgIpc) is 2.55. The van der Waals surface area contributed by atoms with Gasteiger partial charge in [0.15, 0.2) is 11.9 Å². The Labute approximate surface area is 144 Å². The minimum atomic E-state index is -1.02. The smallest absolute Gasteiger partial charge is 0.340 e. The van der Waals surface area contributed by atoms with E-state index >= 15 is 0 Å². The number of ether oxygens (including phenoxy) is 1. The minimum absolute atomic E-state index is 0.107. The molecule has 0 heterocycles. The standard InChI is InChI=1S/C18H16ClNO4/c1-11(21)13-6-5-7-14(10-13)20-17(22)12(2)24-18(23)15-8-3-4-9-16(15)19/h3-10,12H,1-2H3,(H,20,22)/t12-/m1/s1. The Balaban J connectivity index is 2.02. The predicted octanol–water partition coefficient (Wildman–Crippen LogP) is 3.73. The van der Waals surface area contributed by atoms with Gasteiger partial charge in [-0.15, -0.1) is 0 Å². The van der Waals surface area contributed by atoms with Crippen LogP contribution >= 0.6 is 11.6 Å². The van der Waals surface area contributed by atoms with E-state index in [1.807, 2.05) is 0 Å². The van der Waals surface area contributed by atoms with Gasteiger partial charge in [-0.2, -0.15) is 0 Å². The lowest BCUT2D eigenvalue weighted by Gasteiger charge is -2.14. The van der Waals surface area contributed by atoms with Crippen molar-refractivity contribution >= 4 is 34.9 Å². The number of amides is 1. The molecule has 5 nitrogen and oxygen atoms in total. The van der Waals surface area contributed by atoms with Crippen molar-refractivity contribution in [2.75, 3.05) is 5.32 Å². The summed E-state index contributed by atoms with van der Waals surface area (Å²) < 4.78 is 5.13. The first kappa shape index (κ1) is 17.7. The van der Waals surface area contributed by atoms with Gasteiger partial charge >= 0.3 is 5.97 Å². The first-order valence-electron chi connectivity index (χ1n) is 7.26. The van der Waals surface area contributed by atoms with Crippen molar-refractivity contribution in [1.82, 2.24) is 0 Å². The molecule has 0 saturated carbocycles. The van der Waals surface area contributed by atoms with E-state index < -0.39 is 18.0 Å². The van der Waals surface area contributed by atoms with Crippen molar-refractivity contribution in [3.8, 4) is 0 Å². The molecule has 0 saturated heterocycles. The van der Waals surface area contributed by atoms with E-state index in [9.17, 15) is 14.4 Å². The van der Waals surface area contributed by atoms with Crippen LogP contribution in [0.3, 0.4) is 0 Å². The number of halogens is 1. The van der Waals surface area contributed by atoms with Crippen LogP contribution in [0.15, 0.2) is 48.5 Å². The van der Waals surface area contributed by atoms with Gasteiger partial charge in [0.2, 0.25) is 0 Å². The Kier molecular flexibility index (Phi) is 5.71. The molecule has 2 aromatic carbocycles. The zero-order chi connectivity index (χ0) is 17.7. The first-order valence-corrected chi connectivity index (χ1v) is 7.63. The Bertz CT molecular complexity index is 788. The lowest BCUT2D eigenvalue weighted by molar-refractivity contribution is -0.123. The molecular weight excluding hydrogens is 330 g/mol. The summed E-state index contributed by atoms with van der Waals surface area (Å²) in [5.74, 6) is -1.29. The molecule has 0 aromatic heterocycles. The number of carbonyl (C=O) groups is 3. The zero-order valence-electron chi connectivity index (χ0n) is 13.2. The normalized spacial score (nSPS) is 11.5. The van der Waals surface area contributed by atoms with Gasteiger partial charge in [0, 0.05) is 11.3 Å². The highest BCUT2D eigenvalue weighted by atomic mass is 35.5. The molecule has 2 rings (SSSR count). The first-order chi connectivity index (χ1) is 11.4. The molecule has 124 valence electrons. The monoisotopic (exact) mass is 345 g/mol. The molecule has 24 heavy (non-hydrogen) atoms. The van der Waals surface area contributed by atoms with E-state index in [1.165, 1.54) is 19.9 Å². The number of Topliss-reactive ketones (excluding diaryl/α,β-unsaturated/α-hetero) is 1. The van der Waals surface area contributed by atoms with Crippen LogP contribution in [-0.4, -0.2) is 23.8 Å². The third-order valence-corrected chi connectivity index (χ3v) is 3.61. The molecule has 0 unspecified atom stereocenters. The summed E-state index contributed by atoms with van der Waals surface area (Å²) in [6.45, 7) is 2.90. The Morgan fingerprint density at radius 2 is 1.79 bits per heavy atom. The lowest BCUT2D eigenvalue weighted by Crippen LogP contribution is -2.30. The minimum Gasteiger partial charge on any atom is -0.449 e. The summed E-state index contributed by atoms with van der Waals surface area (Å²) in [5.41, 5.74) is 1.12. The van der Waals surface area contributed by atoms with Gasteiger partial charge in [0.05, 0.1) is 10.6 Å². The molecule has 1 N–H and O–H groups in total. The van der Waals surface area contributed by atoms with Crippen LogP contribution in [0, 0.1) is 0 Å². The molecule has 0 aliphatic rings. The van der Waals surface area contributed by atoms with Crippen molar-refractivity contribution in [2.45, 2.75) is 20.0 Å². The molecule has 0 fully saturated rings. The maximum Gasteiger partial charge on any atom is 0.340 e. The summed E-state index contributed by atoms with van der Waals surface area (Å²) in [7, 11) is 0. The Hall–Kier alpha value is -2.66. The lowest BCUT2D eigenvalue weighted by atomic mass is 10.1. The quantitative estimate of drug-likeness (QED) is 0.662. The van der Waals surface area contributed by atoms with Gasteiger partial charge in [0.25, 0.3) is 5.91 Å². The number of hydrogen-bond donors (Lipinski definition) is 1. The van der Waals surface area contributed by atoms with Gasteiger partial charge in [0.1, 0.15) is 0 Å². The number of hydrogen-bond acceptors (Lipinski definition) is 4. The number of carbonyl (C=O) groups excluding carboxylic acids is 3. The van der Waals surface area contributed by atoms with Crippen LogP contribution in [0.2, 0.25) is 5.02 Å². The second kappa shape index (κ2) is 7.75. The second-order valence-corrected chi connectivity index (χ2v) is 5.56. The molecule has 0 spiro atoms. The van der Waals surface area contributed by atoms with Crippen molar-refractivity contribution in [3.05, 3.63) is 64.7 Å². The molecule has 0 aliphatic carbocycles. The Morgan fingerprint density at radius 1 is 1.08 bits per heavy atom. The number of benzene rings is 2. The van der Waals surface area contributed by atoms with E-state index in [2.05, 4.69) is 5.32 Å². The van der Waals surface area contributed by atoms with E-state index in [-0.39, 0.29) is 16.4 Å². The summed E-state index contributed by atoms with van der Waals surface area (Å²) in [5, 5.41) is 2.86. The molecule has 2 aromatic rings. The molecule has 1 atom stereocenters. The van der Waals surface area contributed by atoms with Crippen LogP contribution < -0.4 is 5.32 Å². The molecule has 0 bridgehead atoms. The Morgan fingerprint density at radius 3 is 2.46 bits per heavy atom. The fourth-order valence-corrected chi connectivity index (χ4v) is 2.18. The van der Waals surface area contributed by atoms with Crippen LogP contribution in [0.4, 0.5) is 5.69 Å². The van der Waals surface area contributed by atoms with E-state index in [4.69, 9.17) is 16.3 Å². The summed E-state index contributed by atoms with van der Waals surface area (Å²) in [4.78, 5) is 35.5. The topological polar surface area (TPSA) is 72.5 Å². The maximum absolute atomic E-state index is 12.1. The SMILES string of the molecule is CC(=O)c1cccc(NC(=O)[C@@H](C)OC(=O)c2ccccc2Cl)c1. The van der Waals surface area contributed by atoms with E-state index in [0.717, 1.165) is 0 Å². The number of ketones is 1. The average molecular weight is 346 g/mol. The maximum atomic E-state index is 12.1. The van der Waals surface area contributed by atoms with Gasteiger partial charge in [-0.05, 0) is 38.1 Å². The number of rotatable bonds is 5. The van der Waals surface area contributed by atoms with Gasteiger partial charge in [-0.1, -0.05) is 35.9 Å². The van der Waals surface area contributed by atoms with Crippen LogP contribution in [0.25, 0.3) is 0 Å². The summed E-state index contributed by atoms with van der Waals surface area (Å²) >= 11 is 5.93. The molecule has 0 radical (unpaired) electrons. The van der Waals surface area contributed by atoms with Gasteiger partial charge < -0.3 is 10.1 Å². The number of nitrogens with one attached hydrogen (secondary N) is 1. The van der Waals surface area contributed by atoms with Gasteiger partial charge in [-0.25, -0.2) is 4.79 Å². The van der Waals surface area contributed by atoms with E-state index in [0.29, 0.717) is 11.3 Å². The largest absolute Gasteiger partial charge is 0.449 e. The van der Waals surface area contributed by atoms with Crippen LogP contribution in [-0.2, 0) is 9.53 Å². The van der Waals surface area contributed by atoms with Crippen molar-refractivity contribution in [2.24, 2.45) is 0 Å². The highest BCUT2D eigenvalue weighted by molar-refractivity contribution is 6.33. The fourth-order valence-electron chi connectivity index (χ4n) is 1.96. The molecule has 0 aliphatic heterocycles. The predicted molar refractivity (Wildman–Crippen MR) is 91.4 cm³/mol. The summed E-state index contributed by atoms with van der Waals surface area (Å²) in [6, 6.07) is 12.9. The van der Waals surface area contributed by atoms with Crippen LogP contribution in [0.5, 0.6) is 0 Å². The number of anilines is 1. The second-order valence-electron chi connectivity index (χ2n) is 5.15. The summed E-state index contributed by atoms with van der Waals surface area (Å²) in [6.07, 6.45) is -1.02. The molecular formula is C18H16ClNO4. The van der Waals surface area contributed by atoms with Gasteiger partial charge in [-0.3, -0.25) is 9.59 Å². The third-order valence-electron chi connectivity index (χ3n) is 3.28. The molecule has 1 amide bonds. The van der Waals surface area contributed by atoms with Crippen molar-refractivity contribution in [1.29, 1.82) is 0 Å². The van der Waals surface area contributed by atoms with E-state index in [1.54, 1.807) is 42.5 Å². The van der Waals surface area contributed by atoms with Crippen molar-refractivity contribution < 1.29 is 19.1 Å². The number of esters is 1.